The Bertz CT molecular complexity index is 1760. The zero-order valence-electron chi connectivity index (χ0n) is 17.8. The maximum Gasteiger partial charge on any atom is 0.349 e. The highest BCUT2D eigenvalue weighted by Gasteiger charge is 2.20. The minimum absolute atomic E-state index is 0.0374. The SMILES string of the molecule is CCCCn1c(=O)c2cccc3c2c(cc2nc4c(=O)[nH]c(=O)nc4n(CCC)c23)c1=O. The van der Waals surface area contributed by atoms with E-state index < -0.39 is 11.2 Å². The van der Waals surface area contributed by atoms with Crippen LogP contribution >= 0.6 is 0 Å². The summed E-state index contributed by atoms with van der Waals surface area (Å²) in [7, 11) is 0. The van der Waals surface area contributed by atoms with Gasteiger partial charge >= 0.3 is 5.69 Å². The summed E-state index contributed by atoms with van der Waals surface area (Å²) < 4.78 is 3.07. The van der Waals surface area contributed by atoms with E-state index in [-0.39, 0.29) is 22.3 Å². The molecule has 162 valence electrons. The molecule has 0 saturated carbocycles. The molecule has 0 saturated heterocycles. The van der Waals surface area contributed by atoms with Gasteiger partial charge < -0.3 is 4.57 Å². The number of unbranched alkanes of at least 4 members (excludes halogenated alkanes) is 1. The topological polar surface area (TPSA) is 120 Å². The van der Waals surface area contributed by atoms with Crippen molar-refractivity contribution in [3.63, 3.8) is 0 Å². The highest BCUT2D eigenvalue weighted by molar-refractivity contribution is 6.19. The first-order chi connectivity index (χ1) is 15.5. The maximum absolute atomic E-state index is 13.3. The number of nitrogens with zero attached hydrogens (tertiary/aromatic N) is 4. The van der Waals surface area contributed by atoms with E-state index in [9.17, 15) is 19.2 Å². The largest absolute Gasteiger partial charge is 0.349 e. The molecule has 0 amide bonds. The zero-order valence-corrected chi connectivity index (χ0v) is 17.8. The highest BCUT2D eigenvalue weighted by atomic mass is 16.2. The second-order valence-corrected chi connectivity index (χ2v) is 7.94. The van der Waals surface area contributed by atoms with Crippen molar-refractivity contribution in [3.8, 4) is 0 Å². The van der Waals surface area contributed by atoms with Gasteiger partial charge in [-0.3, -0.25) is 23.9 Å². The summed E-state index contributed by atoms with van der Waals surface area (Å²) in [6.07, 6.45) is 2.29. The van der Waals surface area contributed by atoms with Crippen molar-refractivity contribution in [3.05, 3.63) is 65.8 Å². The van der Waals surface area contributed by atoms with Crippen LogP contribution in [0.1, 0.15) is 33.1 Å². The van der Waals surface area contributed by atoms with Gasteiger partial charge in [0.1, 0.15) is 0 Å². The van der Waals surface area contributed by atoms with Gasteiger partial charge in [-0.05, 0) is 25.0 Å². The predicted molar refractivity (Wildman–Crippen MR) is 124 cm³/mol. The van der Waals surface area contributed by atoms with E-state index in [0.29, 0.717) is 58.5 Å². The minimum atomic E-state index is -0.742. The fourth-order valence-corrected chi connectivity index (χ4v) is 4.46. The molecule has 0 unspecified atom stereocenters. The Hall–Kier alpha value is -3.88. The number of aromatic amines is 1. The van der Waals surface area contributed by atoms with Gasteiger partial charge in [0, 0.05) is 29.2 Å². The van der Waals surface area contributed by atoms with E-state index in [2.05, 4.69) is 15.0 Å². The number of fused-ring (bicyclic) bond motifs is 3. The van der Waals surface area contributed by atoms with Crippen molar-refractivity contribution in [1.82, 2.24) is 24.1 Å². The Balaban J connectivity index is 2.08. The average molecular weight is 431 g/mol. The first kappa shape index (κ1) is 20.0. The molecular weight excluding hydrogens is 410 g/mol. The van der Waals surface area contributed by atoms with Crippen molar-refractivity contribution in [1.29, 1.82) is 0 Å². The molecule has 0 fully saturated rings. The Morgan fingerprint density at radius 1 is 0.875 bits per heavy atom. The average Bonchev–Trinajstić information content (AvgIpc) is 2.77. The third-order valence-electron chi connectivity index (χ3n) is 5.86. The van der Waals surface area contributed by atoms with E-state index in [1.807, 2.05) is 19.9 Å². The minimum Gasteiger partial charge on any atom is -0.322 e. The summed E-state index contributed by atoms with van der Waals surface area (Å²) in [6.45, 7) is 4.80. The van der Waals surface area contributed by atoms with Gasteiger partial charge in [-0.2, -0.15) is 4.98 Å². The molecule has 9 heteroatoms. The van der Waals surface area contributed by atoms with Crippen LogP contribution in [-0.2, 0) is 13.1 Å². The van der Waals surface area contributed by atoms with E-state index >= 15 is 0 Å². The van der Waals surface area contributed by atoms with Crippen molar-refractivity contribution >= 4 is 43.7 Å². The van der Waals surface area contributed by atoms with Crippen LogP contribution in [0.3, 0.4) is 0 Å². The van der Waals surface area contributed by atoms with Gasteiger partial charge in [-0.1, -0.05) is 32.4 Å². The van der Waals surface area contributed by atoms with E-state index in [1.54, 1.807) is 22.8 Å². The number of rotatable bonds is 5. The lowest BCUT2D eigenvalue weighted by Gasteiger charge is -2.17. The van der Waals surface area contributed by atoms with Gasteiger partial charge in [-0.15, -0.1) is 0 Å². The maximum atomic E-state index is 13.3. The smallest absolute Gasteiger partial charge is 0.322 e. The normalized spacial score (nSPS) is 11.9. The summed E-state index contributed by atoms with van der Waals surface area (Å²) in [4.78, 5) is 61.5. The molecule has 0 bridgehead atoms. The van der Waals surface area contributed by atoms with E-state index in [4.69, 9.17) is 0 Å². The zero-order chi connectivity index (χ0) is 22.6. The summed E-state index contributed by atoms with van der Waals surface area (Å²) in [5.41, 5.74) is -0.737. The number of hydrogen-bond donors (Lipinski definition) is 1. The molecule has 5 aromatic rings. The summed E-state index contributed by atoms with van der Waals surface area (Å²) >= 11 is 0. The Morgan fingerprint density at radius 3 is 2.38 bits per heavy atom. The Kier molecular flexibility index (Phi) is 4.61. The monoisotopic (exact) mass is 431 g/mol. The number of aromatic nitrogens is 5. The molecule has 3 aromatic heterocycles. The molecule has 0 radical (unpaired) electrons. The Morgan fingerprint density at radius 2 is 1.62 bits per heavy atom. The molecule has 9 nitrogen and oxygen atoms in total. The van der Waals surface area contributed by atoms with Crippen molar-refractivity contribution in [2.75, 3.05) is 0 Å². The van der Waals surface area contributed by atoms with Crippen LogP contribution in [0.2, 0.25) is 0 Å². The van der Waals surface area contributed by atoms with Crippen molar-refractivity contribution in [2.45, 2.75) is 46.2 Å². The van der Waals surface area contributed by atoms with Crippen LogP contribution in [0.25, 0.3) is 43.7 Å². The molecule has 0 aliphatic heterocycles. The van der Waals surface area contributed by atoms with E-state index in [1.165, 1.54) is 4.57 Å². The van der Waals surface area contributed by atoms with Crippen LogP contribution < -0.4 is 22.4 Å². The molecule has 3 heterocycles. The second-order valence-electron chi connectivity index (χ2n) is 7.94. The molecule has 0 aliphatic rings. The molecule has 32 heavy (non-hydrogen) atoms. The molecule has 2 aromatic carbocycles. The number of nitrogens with one attached hydrogen (secondary N) is 1. The van der Waals surface area contributed by atoms with E-state index in [0.717, 1.165) is 6.42 Å². The summed E-state index contributed by atoms with van der Waals surface area (Å²) in [5.74, 6) is 0. The molecule has 0 atom stereocenters. The van der Waals surface area contributed by atoms with Gasteiger partial charge in [0.05, 0.1) is 16.4 Å². The predicted octanol–water partition coefficient (Wildman–Crippen LogP) is 2.11. The highest BCUT2D eigenvalue weighted by Crippen LogP contribution is 2.31. The number of benzene rings is 2. The number of H-pyrrole nitrogens is 1. The quantitative estimate of drug-likeness (QED) is 0.336. The third-order valence-corrected chi connectivity index (χ3v) is 5.86. The fraction of sp³-hybridized carbons (Fsp3) is 0.304. The Labute approximate surface area is 180 Å². The van der Waals surface area contributed by atoms with Crippen molar-refractivity contribution < 1.29 is 0 Å². The van der Waals surface area contributed by atoms with Crippen LogP contribution in [0.4, 0.5) is 0 Å². The van der Waals surface area contributed by atoms with Crippen molar-refractivity contribution in [2.24, 2.45) is 0 Å². The van der Waals surface area contributed by atoms with Crippen LogP contribution in [0, 0.1) is 0 Å². The lowest BCUT2D eigenvalue weighted by Crippen LogP contribution is -2.33. The molecular formula is C23H21N5O4. The summed E-state index contributed by atoms with van der Waals surface area (Å²) in [6, 6.07) is 6.98. The molecule has 5 rings (SSSR count). The third kappa shape index (κ3) is 2.77. The number of aryl methyl sites for hydroxylation is 1. The van der Waals surface area contributed by atoms with Gasteiger partial charge in [0.2, 0.25) is 0 Å². The lowest BCUT2D eigenvalue weighted by molar-refractivity contribution is 0.604. The summed E-state index contributed by atoms with van der Waals surface area (Å²) in [5, 5.41) is 2.09. The van der Waals surface area contributed by atoms with Gasteiger partial charge in [-0.25, -0.2) is 9.78 Å². The van der Waals surface area contributed by atoms with Crippen LogP contribution in [-0.4, -0.2) is 24.1 Å². The van der Waals surface area contributed by atoms with Gasteiger partial charge in [0.15, 0.2) is 11.2 Å². The molecule has 1 N–H and O–H groups in total. The fourth-order valence-electron chi connectivity index (χ4n) is 4.46. The van der Waals surface area contributed by atoms with Crippen LogP contribution in [0.15, 0.2) is 43.4 Å². The lowest BCUT2D eigenvalue weighted by atomic mass is 10.0. The molecule has 0 aliphatic carbocycles. The number of hydrogen-bond acceptors (Lipinski definition) is 6. The van der Waals surface area contributed by atoms with Crippen LogP contribution in [0.5, 0.6) is 0 Å². The molecule has 0 spiro atoms. The first-order valence-electron chi connectivity index (χ1n) is 10.7. The van der Waals surface area contributed by atoms with Gasteiger partial charge in [0.25, 0.3) is 16.7 Å². The second kappa shape index (κ2) is 7.37. The number of pyridine rings is 1. The standard InChI is InChI=1S/C23H21N5O4/c1-3-5-10-28-21(30)13-8-6-7-12-16(13)14(22(28)31)11-15-18(12)27(9-4-2)19-17(24-15)20(29)26-23(32)25-19/h6-8,11H,3-5,9-10H2,1-2H3,(H,26,29,32). The first-order valence-corrected chi connectivity index (χ1v) is 10.7.